The summed E-state index contributed by atoms with van der Waals surface area (Å²) in [6.07, 6.45) is 7.64. The first-order chi connectivity index (χ1) is 11.8. The lowest BCUT2D eigenvalue weighted by Gasteiger charge is -2.10. The fourth-order valence-corrected chi connectivity index (χ4v) is 2.70. The van der Waals surface area contributed by atoms with Gasteiger partial charge in [0.1, 0.15) is 0 Å². The van der Waals surface area contributed by atoms with E-state index in [1.807, 2.05) is 12.1 Å². The second-order valence-corrected chi connectivity index (χ2v) is 5.60. The van der Waals surface area contributed by atoms with Crippen molar-refractivity contribution in [2.45, 2.75) is 19.5 Å². The molecule has 4 heterocycles. The van der Waals surface area contributed by atoms with Crippen LogP contribution in [-0.4, -0.2) is 32.4 Å². The maximum atomic E-state index is 12.4. The van der Waals surface area contributed by atoms with E-state index in [9.17, 15) is 4.79 Å². The van der Waals surface area contributed by atoms with Gasteiger partial charge in [0.25, 0.3) is 5.91 Å². The second kappa shape index (κ2) is 6.25. The number of amides is 1. The van der Waals surface area contributed by atoms with Gasteiger partial charge in [0.05, 0.1) is 24.1 Å². The molecule has 0 aromatic carbocycles. The maximum Gasteiger partial charge on any atom is 0.294 e. The van der Waals surface area contributed by atoms with Crippen molar-refractivity contribution in [3.8, 4) is 0 Å². The summed E-state index contributed by atoms with van der Waals surface area (Å²) in [5, 5.41) is 14.3. The summed E-state index contributed by atoms with van der Waals surface area (Å²) in [4.78, 5) is 16.4. The van der Waals surface area contributed by atoms with Gasteiger partial charge >= 0.3 is 0 Å². The molecular formula is C16H16N6O2. The molecule has 122 valence electrons. The summed E-state index contributed by atoms with van der Waals surface area (Å²) < 4.78 is 6.97. The van der Waals surface area contributed by atoms with Gasteiger partial charge in [-0.2, -0.15) is 5.10 Å². The summed E-state index contributed by atoms with van der Waals surface area (Å²) in [7, 11) is 0. The van der Waals surface area contributed by atoms with Crippen LogP contribution in [0.3, 0.4) is 0 Å². The summed E-state index contributed by atoms with van der Waals surface area (Å²) >= 11 is 0. The number of carbonyl (C=O) groups is 1. The predicted octanol–water partition coefficient (Wildman–Crippen LogP) is 1.21. The van der Waals surface area contributed by atoms with Gasteiger partial charge in [0, 0.05) is 43.7 Å². The fraction of sp³-hybridized carbons (Fsp3) is 0.250. The van der Waals surface area contributed by atoms with Gasteiger partial charge in [-0.1, -0.05) is 5.16 Å². The summed E-state index contributed by atoms with van der Waals surface area (Å²) in [6, 6.07) is 3.85. The molecule has 0 aliphatic carbocycles. The van der Waals surface area contributed by atoms with Gasteiger partial charge in [-0.3, -0.25) is 14.5 Å². The van der Waals surface area contributed by atoms with Gasteiger partial charge in [0.2, 0.25) is 5.76 Å². The number of aromatic nitrogens is 4. The molecule has 2 N–H and O–H groups in total. The standard InChI is InChI=1S/C16H16N6O2/c23-16(15-13-8-18-6-3-14(13)21-24-15)20-12-7-19-22(10-12)9-11-1-4-17-5-2-11/h1-2,4-5,7,10,18H,3,6,8-9H2,(H,20,23). The number of rotatable bonds is 4. The van der Waals surface area contributed by atoms with Gasteiger partial charge < -0.3 is 15.2 Å². The Morgan fingerprint density at radius 3 is 3.12 bits per heavy atom. The SMILES string of the molecule is O=C(Nc1cnn(Cc2ccncc2)c1)c1onc2c1CNCC2. The Bertz CT molecular complexity index is 855. The first-order valence-corrected chi connectivity index (χ1v) is 7.70. The molecule has 0 saturated carbocycles. The van der Waals surface area contributed by atoms with Crippen molar-refractivity contribution in [1.82, 2.24) is 25.2 Å². The minimum absolute atomic E-state index is 0.263. The molecule has 3 aromatic rings. The van der Waals surface area contributed by atoms with Crippen LogP contribution in [0.1, 0.15) is 27.4 Å². The van der Waals surface area contributed by atoms with Gasteiger partial charge in [-0.15, -0.1) is 0 Å². The zero-order chi connectivity index (χ0) is 16.4. The van der Waals surface area contributed by atoms with E-state index >= 15 is 0 Å². The highest BCUT2D eigenvalue weighted by atomic mass is 16.5. The van der Waals surface area contributed by atoms with E-state index in [1.54, 1.807) is 29.5 Å². The zero-order valence-corrected chi connectivity index (χ0v) is 12.9. The van der Waals surface area contributed by atoms with Crippen LogP contribution in [-0.2, 0) is 19.5 Å². The van der Waals surface area contributed by atoms with E-state index in [4.69, 9.17) is 4.52 Å². The number of hydrogen-bond acceptors (Lipinski definition) is 6. The summed E-state index contributed by atoms with van der Waals surface area (Å²) in [5.41, 5.74) is 3.39. The quantitative estimate of drug-likeness (QED) is 0.748. The summed E-state index contributed by atoms with van der Waals surface area (Å²) in [6.45, 7) is 2.06. The van der Waals surface area contributed by atoms with Crippen molar-refractivity contribution < 1.29 is 9.32 Å². The number of nitrogens with one attached hydrogen (secondary N) is 2. The Morgan fingerprint density at radius 1 is 1.38 bits per heavy atom. The molecule has 3 aromatic heterocycles. The zero-order valence-electron chi connectivity index (χ0n) is 12.9. The average Bonchev–Trinajstić information content (AvgIpc) is 3.22. The van der Waals surface area contributed by atoms with E-state index in [2.05, 4.69) is 25.9 Å². The number of anilines is 1. The third-order valence-electron chi connectivity index (χ3n) is 3.90. The molecule has 0 unspecified atom stereocenters. The normalized spacial score (nSPS) is 13.5. The van der Waals surface area contributed by atoms with Crippen LogP contribution in [0, 0.1) is 0 Å². The monoisotopic (exact) mass is 324 g/mol. The van der Waals surface area contributed by atoms with Crippen molar-refractivity contribution >= 4 is 11.6 Å². The van der Waals surface area contributed by atoms with Crippen LogP contribution in [0.4, 0.5) is 5.69 Å². The molecule has 0 bridgehead atoms. The Labute approximate surface area is 137 Å². The summed E-state index contributed by atoms with van der Waals surface area (Å²) in [5.74, 6) is -0.0463. The number of hydrogen-bond donors (Lipinski definition) is 2. The van der Waals surface area contributed by atoms with E-state index in [-0.39, 0.29) is 11.7 Å². The molecule has 4 rings (SSSR count). The number of carbonyl (C=O) groups excluding carboxylic acids is 1. The third kappa shape index (κ3) is 2.91. The molecule has 0 radical (unpaired) electrons. The largest absolute Gasteiger partial charge is 0.350 e. The molecule has 0 saturated heterocycles. The van der Waals surface area contributed by atoms with Crippen LogP contribution >= 0.6 is 0 Å². The first-order valence-electron chi connectivity index (χ1n) is 7.70. The van der Waals surface area contributed by atoms with Gasteiger partial charge in [-0.05, 0) is 17.7 Å². The van der Waals surface area contributed by atoms with Crippen molar-refractivity contribution in [1.29, 1.82) is 0 Å². The number of nitrogens with zero attached hydrogens (tertiary/aromatic N) is 4. The molecular weight excluding hydrogens is 308 g/mol. The molecule has 1 aliphatic rings. The number of pyridine rings is 1. The lowest BCUT2D eigenvalue weighted by atomic mass is 10.1. The molecule has 8 nitrogen and oxygen atoms in total. The topological polar surface area (TPSA) is 97.9 Å². The Balaban J connectivity index is 1.46. The van der Waals surface area contributed by atoms with Gasteiger partial charge in [0.15, 0.2) is 0 Å². The van der Waals surface area contributed by atoms with Crippen LogP contribution < -0.4 is 10.6 Å². The first kappa shape index (κ1) is 14.6. The van der Waals surface area contributed by atoms with Crippen LogP contribution in [0.15, 0.2) is 41.4 Å². The van der Waals surface area contributed by atoms with Crippen molar-refractivity contribution in [3.05, 3.63) is 59.5 Å². The van der Waals surface area contributed by atoms with Crippen LogP contribution in [0.25, 0.3) is 0 Å². The molecule has 0 fully saturated rings. The lowest BCUT2D eigenvalue weighted by molar-refractivity contribution is 0.0986. The predicted molar refractivity (Wildman–Crippen MR) is 85.4 cm³/mol. The molecule has 8 heteroatoms. The molecule has 1 amide bonds. The van der Waals surface area contributed by atoms with E-state index in [0.717, 1.165) is 29.8 Å². The van der Waals surface area contributed by atoms with E-state index in [1.165, 1.54) is 0 Å². The van der Waals surface area contributed by atoms with Crippen molar-refractivity contribution in [3.63, 3.8) is 0 Å². The third-order valence-corrected chi connectivity index (χ3v) is 3.90. The highest BCUT2D eigenvalue weighted by molar-refractivity contribution is 6.03. The fourth-order valence-electron chi connectivity index (χ4n) is 2.70. The number of fused-ring (bicyclic) bond motifs is 1. The van der Waals surface area contributed by atoms with Crippen LogP contribution in [0.5, 0.6) is 0 Å². The van der Waals surface area contributed by atoms with E-state index < -0.39 is 0 Å². The average molecular weight is 324 g/mol. The Hall–Kier alpha value is -3.00. The molecule has 1 aliphatic heterocycles. The van der Waals surface area contributed by atoms with Crippen LogP contribution in [0.2, 0.25) is 0 Å². The van der Waals surface area contributed by atoms with Gasteiger partial charge in [-0.25, -0.2) is 0 Å². The minimum atomic E-state index is -0.309. The molecule has 0 spiro atoms. The minimum Gasteiger partial charge on any atom is -0.350 e. The lowest BCUT2D eigenvalue weighted by Crippen LogP contribution is -2.25. The maximum absolute atomic E-state index is 12.4. The van der Waals surface area contributed by atoms with Crippen molar-refractivity contribution in [2.75, 3.05) is 11.9 Å². The molecule has 24 heavy (non-hydrogen) atoms. The Morgan fingerprint density at radius 2 is 2.25 bits per heavy atom. The van der Waals surface area contributed by atoms with Crippen molar-refractivity contribution in [2.24, 2.45) is 0 Å². The second-order valence-electron chi connectivity index (χ2n) is 5.60. The smallest absolute Gasteiger partial charge is 0.294 e. The molecule has 0 atom stereocenters. The highest BCUT2D eigenvalue weighted by Crippen LogP contribution is 2.19. The van der Waals surface area contributed by atoms with E-state index in [0.29, 0.717) is 18.8 Å². The Kier molecular flexibility index (Phi) is 3.80. The highest BCUT2D eigenvalue weighted by Gasteiger charge is 2.24.